The van der Waals surface area contributed by atoms with Gasteiger partial charge in [-0.3, -0.25) is 4.79 Å². The molecule has 0 amide bonds. The highest BCUT2D eigenvalue weighted by molar-refractivity contribution is 6.33. The van der Waals surface area contributed by atoms with Crippen LogP contribution in [-0.2, 0) is 17.6 Å². The van der Waals surface area contributed by atoms with E-state index in [9.17, 15) is 9.18 Å². The summed E-state index contributed by atoms with van der Waals surface area (Å²) in [5, 5.41) is 0.421. The molecule has 1 heterocycles. The van der Waals surface area contributed by atoms with Gasteiger partial charge >= 0.3 is 0 Å². The molecule has 1 aromatic heterocycles. The zero-order chi connectivity index (χ0) is 17.8. The molecule has 0 radical (unpaired) electrons. The highest BCUT2D eigenvalue weighted by atomic mass is 35.5. The highest BCUT2D eigenvalue weighted by Crippen LogP contribution is 2.28. The number of nitrogens with zero attached hydrogens (tertiary/aromatic N) is 1. The molecule has 4 nitrogen and oxygen atoms in total. The number of aromatic nitrogens is 1. The molecule has 0 atom stereocenters. The van der Waals surface area contributed by atoms with Crippen molar-refractivity contribution in [1.29, 1.82) is 0 Å². The van der Waals surface area contributed by atoms with Crippen molar-refractivity contribution in [3.8, 4) is 17.1 Å². The lowest BCUT2D eigenvalue weighted by atomic mass is 10.0. The van der Waals surface area contributed by atoms with Crippen LogP contribution in [-0.4, -0.2) is 17.9 Å². The number of hydrogen-bond acceptors (Lipinski definition) is 4. The van der Waals surface area contributed by atoms with Gasteiger partial charge in [-0.25, -0.2) is 9.37 Å². The Hall–Kier alpha value is -2.66. The summed E-state index contributed by atoms with van der Waals surface area (Å²) in [5.74, 6) is 0.344. The lowest BCUT2D eigenvalue weighted by molar-refractivity contribution is -0.117. The Balaban J connectivity index is 1.72. The van der Waals surface area contributed by atoms with Crippen LogP contribution < -0.4 is 4.74 Å². The van der Waals surface area contributed by atoms with Crippen LogP contribution in [0.15, 0.2) is 53.4 Å². The van der Waals surface area contributed by atoms with Crippen LogP contribution in [0.25, 0.3) is 11.3 Å². The summed E-state index contributed by atoms with van der Waals surface area (Å²) in [6.45, 7) is 0. The summed E-state index contributed by atoms with van der Waals surface area (Å²) in [7, 11) is 1.52. The molecule has 0 unspecified atom stereocenters. The van der Waals surface area contributed by atoms with Crippen molar-refractivity contribution in [2.45, 2.75) is 12.8 Å². The van der Waals surface area contributed by atoms with Gasteiger partial charge < -0.3 is 9.15 Å². The van der Waals surface area contributed by atoms with Gasteiger partial charge in [0.25, 0.3) is 0 Å². The molecular weight excluding hydrogens is 345 g/mol. The number of carbonyl (C=O) groups is 1. The molecule has 3 aromatic rings. The molecule has 25 heavy (non-hydrogen) atoms. The Labute approximate surface area is 149 Å². The normalized spacial score (nSPS) is 10.7. The van der Waals surface area contributed by atoms with Crippen molar-refractivity contribution in [1.82, 2.24) is 4.98 Å². The Morgan fingerprint density at radius 3 is 2.80 bits per heavy atom. The zero-order valence-electron chi connectivity index (χ0n) is 13.5. The average molecular weight is 360 g/mol. The molecule has 0 spiro atoms. The lowest BCUT2D eigenvalue weighted by Crippen LogP contribution is -2.07. The lowest BCUT2D eigenvalue weighted by Gasteiger charge is -2.08. The average Bonchev–Trinajstić information content (AvgIpc) is 3.11. The van der Waals surface area contributed by atoms with Crippen molar-refractivity contribution in [2.75, 3.05) is 7.11 Å². The maximum atomic E-state index is 14.2. The molecular formula is C19H15ClFNO3. The van der Waals surface area contributed by atoms with Crippen LogP contribution in [0, 0.1) is 5.82 Å². The third kappa shape index (κ3) is 3.88. The molecule has 3 rings (SSSR count). The number of halogens is 2. The second kappa shape index (κ2) is 7.49. The van der Waals surface area contributed by atoms with Gasteiger partial charge in [-0.2, -0.15) is 0 Å². The van der Waals surface area contributed by atoms with Gasteiger partial charge in [-0.05, 0) is 29.3 Å². The Morgan fingerprint density at radius 2 is 2.12 bits per heavy atom. The standard InChI is InChI=1S/C19H15ClFNO3/c1-24-17-4-2-3-13(19(17)20)9-14(23)7-12-5-6-15(16(21)8-12)18-10-22-11-25-18/h2-6,8,10-11H,7,9H2,1H3. The molecule has 0 N–H and O–H groups in total. The van der Waals surface area contributed by atoms with Gasteiger partial charge in [0.2, 0.25) is 0 Å². The van der Waals surface area contributed by atoms with E-state index >= 15 is 0 Å². The number of methoxy groups -OCH3 is 1. The smallest absolute Gasteiger partial charge is 0.181 e. The zero-order valence-corrected chi connectivity index (χ0v) is 14.2. The van der Waals surface area contributed by atoms with Gasteiger partial charge in [0.15, 0.2) is 12.2 Å². The monoisotopic (exact) mass is 359 g/mol. The largest absolute Gasteiger partial charge is 0.495 e. The van der Waals surface area contributed by atoms with Crippen LogP contribution in [0.4, 0.5) is 4.39 Å². The second-order valence-corrected chi connectivity index (χ2v) is 5.88. The molecule has 0 bridgehead atoms. The minimum atomic E-state index is -0.457. The summed E-state index contributed by atoms with van der Waals surface area (Å²) >= 11 is 6.21. The molecule has 0 saturated heterocycles. The summed E-state index contributed by atoms with van der Waals surface area (Å²) in [4.78, 5) is 16.1. The number of ketones is 1. The van der Waals surface area contributed by atoms with Crippen LogP contribution >= 0.6 is 11.6 Å². The van der Waals surface area contributed by atoms with E-state index in [0.717, 1.165) is 0 Å². The highest BCUT2D eigenvalue weighted by Gasteiger charge is 2.14. The first kappa shape index (κ1) is 17.2. The first-order valence-corrected chi connectivity index (χ1v) is 7.96. The summed E-state index contributed by atoms with van der Waals surface area (Å²) in [6, 6.07) is 9.90. The summed E-state index contributed by atoms with van der Waals surface area (Å²) < 4.78 is 24.5. The Morgan fingerprint density at radius 1 is 1.28 bits per heavy atom. The van der Waals surface area contributed by atoms with Crippen molar-refractivity contribution in [3.63, 3.8) is 0 Å². The van der Waals surface area contributed by atoms with Crippen LogP contribution in [0.3, 0.4) is 0 Å². The minimum Gasteiger partial charge on any atom is -0.495 e. The van der Waals surface area contributed by atoms with Crippen molar-refractivity contribution < 1.29 is 18.3 Å². The van der Waals surface area contributed by atoms with E-state index in [1.807, 2.05) is 0 Å². The van der Waals surface area contributed by atoms with E-state index in [0.29, 0.717) is 33.2 Å². The molecule has 6 heteroatoms. The van der Waals surface area contributed by atoms with E-state index < -0.39 is 5.82 Å². The van der Waals surface area contributed by atoms with Crippen molar-refractivity contribution in [2.24, 2.45) is 0 Å². The van der Waals surface area contributed by atoms with Crippen LogP contribution in [0.2, 0.25) is 5.02 Å². The third-order valence-electron chi connectivity index (χ3n) is 3.78. The van der Waals surface area contributed by atoms with Gasteiger partial charge in [-0.1, -0.05) is 29.8 Å². The Kier molecular flexibility index (Phi) is 5.14. The van der Waals surface area contributed by atoms with E-state index in [4.69, 9.17) is 20.8 Å². The number of rotatable bonds is 6. The third-order valence-corrected chi connectivity index (χ3v) is 4.21. The Bertz CT molecular complexity index is 894. The number of Topliss-reactive ketones (excluding diaryl/α,β-unsaturated/α-hetero) is 1. The van der Waals surface area contributed by atoms with Gasteiger partial charge in [0.1, 0.15) is 17.3 Å². The second-order valence-electron chi connectivity index (χ2n) is 5.51. The first-order chi connectivity index (χ1) is 12.1. The summed E-state index contributed by atoms with van der Waals surface area (Å²) in [5.41, 5.74) is 1.58. The van der Waals surface area contributed by atoms with Crippen LogP contribution in [0.5, 0.6) is 5.75 Å². The van der Waals surface area contributed by atoms with E-state index in [1.165, 1.54) is 25.8 Å². The van der Waals surface area contributed by atoms with Crippen LogP contribution in [0.1, 0.15) is 11.1 Å². The fourth-order valence-corrected chi connectivity index (χ4v) is 2.84. The fraction of sp³-hybridized carbons (Fsp3) is 0.158. The topological polar surface area (TPSA) is 52.3 Å². The number of oxazole rings is 1. The number of carbonyl (C=O) groups excluding carboxylic acids is 1. The van der Waals surface area contributed by atoms with Gasteiger partial charge in [0.05, 0.1) is 23.9 Å². The maximum Gasteiger partial charge on any atom is 0.181 e. The van der Waals surface area contributed by atoms with Crippen molar-refractivity contribution in [3.05, 3.63) is 71.0 Å². The molecule has 0 saturated carbocycles. The predicted molar refractivity (Wildman–Crippen MR) is 92.3 cm³/mol. The minimum absolute atomic E-state index is 0.0676. The molecule has 0 aliphatic rings. The number of benzene rings is 2. The molecule has 0 aliphatic heterocycles. The number of ether oxygens (including phenoxy) is 1. The first-order valence-electron chi connectivity index (χ1n) is 7.59. The molecule has 0 aliphatic carbocycles. The van der Waals surface area contributed by atoms with E-state index in [-0.39, 0.29) is 18.6 Å². The van der Waals surface area contributed by atoms with E-state index in [2.05, 4.69) is 4.98 Å². The van der Waals surface area contributed by atoms with Crippen molar-refractivity contribution >= 4 is 17.4 Å². The van der Waals surface area contributed by atoms with E-state index in [1.54, 1.807) is 30.3 Å². The van der Waals surface area contributed by atoms with Gasteiger partial charge in [0, 0.05) is 12.8 Å². The van der Waals surface area contributed by atoms with Gasteiger partial charge in [-0.15, -0.1) is 0 Å². The molecule has 128 valence electrons. The quantitative estimate of drug-likeness (QED) is 0.650. The molecule has 2 aromatic carbocycles. The summed E-state index contributed by atoms with van der Waals surface area (Å²) in [6.07, 6.45) is 2.95. The molecule has 0 fully saturated rings. The fourth-order valence-electron chi connectivity index (χ4n) is 2.57. The SMILES string of the molecule is COc1cccc(CC(=O)Cc2ccc(-c3cnco3)c(F)c2)c1Cl. The number of hydrogen-bond donors (Lipinski definition) is 0. The maximum absolute atomic E-state index is 14.2. The predicted octanol–water partition coefficient (Wildman–Crippen LogP) is 4.50.